The minimum atomic E-state index is -0.550. The van der Waals surface area contributed by atoms with Crippen LogP contribution in [0.4, 0.5) is 0 Å². The summed E-state index contributed by atoms with van der Waals surface area (Å²) in [4.78, 5) is 13.6. The van der Waals surface area contributed by atoms with Gasteiger partial charge in [0.05, 0.1) is 32.1 Å². The van der Waals surface area contributed by atoms with Crippen molar-refractivity contribution in [3.05, 3.63) is 50.5 Å². The lowest BCUT2D eigenvalue weighted by Crippen LogP contribution is -2.21. The summed E-state index contributed by atoms with van der Waals surface area (Å²) in [5.41, 5.74) is 7.27. The highest BCUT2D eigenvalue weighted by Crippen LogP contribution is 2.52. The molecule has 2 aromatic rings. The predicted molar refractivity (Wildman–Crippen MR) is 99.2 cm³/mol. The van der Waals surface area contributed by atoms with Gasteiger partial charge in [-0.3, -0.25) is 0 Å². The minimum absolute atomic E-state index is 0.0529. The molecule has 0 fully saturated rings. The third kappa shape index (κ3) is 2.86. The van der Waals surface area contributed by atoms with E-state index in [2.05, 4.69) is 6.07 Å². The van der Waals surface area contributed by atoms with Crippen LogP contribution in [0.1, 0.15) is 31.6 Å². The second kappa shape index (κ2) is 7.21. The second-order valence-corrected chi connectivity index (χ2v) is 6.98. The van der Waals surface area contributed by atoms with Gasteiger partial charge in [-0.1, -0.05) is 12.1 Å². The fraction of sp³-hybridized carbons (Fsp3) is 0.263. The largest absolute Gasteiger partial charge is 0.493 e. The van der Waals surface area contributed by atoms with E-state index < -0.39 is 11.9 Å². The zero-order valence-electron chi connectivity index (χ0n) is 15.3. The maximum absolute atomic E-state index is 12.2. The molecule has 2 N–H and O–H groups in total. The lowest BCUT2D eigenvalue weighted by Gasteiger charge is -2.25. The first kappa shape index (κ1) is 18.6. The molecule has 1 aromatic carbocycles. The Morgan fingerprint density at radius 2 is 2.04 bits per heavy atom. The van der Waals surface area contributed by atoms with Crippen LogP contribution in [0.3, 0.4) is 0 Å². The number of methoxy groups -OCH3 is 3. The first-order chi connectivity index (χ1) is 13.0. The van der Waals surface area contributed by atoms with Crippen molar-refractivity contribution in [2.24, 2.45) is 5.73 Å². The fourth-order valence-electron chi connectivity index (χ4n) is 3.17. The maximum Gasteiger partial charge on any atom is 0.342 e. The standard InChI is InChI=1S/C19H18N2O5S/c1-9-13(19(22)25-4)16-17(27-9)14(11(8-20)18(21)26-16)10-6-5-7-12(23-2)15(10)24-3/h5-7,14H,21H2,1-4H3/t14-/m0/s1. The first-order valence-electron chi connectivity index (χ1n) is 7.98. The number of esters is 1. The van der Waals surface area contributed by atoms with Crippen molar-refractivity contribution < 1.29 is 23.7 Å². The van der Waals surface area contributed by atoms with Crippen LogP contribution in [0.15, 0.2) is 29.7 Å². The Hall–Kier alpha value is -3.18. The monoisotopic (exact) mass is 386 g/mol. The number of ether oxygens (including phenoxy) is 4. The number of allylic oxidation sites excluding steroid dienone is 1. The van der Waals surface area contributed by atoms with Crippen LogP contribution in [0, 0.1) is 18.3 Å². The Morgan fingerprint density at radius 3 is 2.63 bits per heavy atom. The molecule has 3 rings (SSSR count). The van der Waals surface area contributed by atoms with Crippen molar-refractivity contribution in [3.8, 4) is 23.3 Å². The topological polar surface area (TPSA) is 104 Å². The highest BCUT2D eigenvalue weighted by atomic mass is 32.1. The zero-order chi connectivity index (χ0) is 19.7. The lowest BCUT2D eigenvalue weighted by molar-refractivity contribution is 0.0597. The summed E-state index contributed by atoms with van der Waals surface area (Å²) in [6.07, 6.45) is 0. The van der Waals surface area contributed by atoms with Gasteiger partial charge < -0.3 is 24.7 Å². The minimum Gasteiger partial charge on any atom is -0.493 e. The average Bonchev–Trinajstić information content (AvgIpc) is 3.00. The molecule has 7 nitrogen and oxygen atoms in total. The van der Waals surface area contributed by atoms with E-state index in [4.69, 9.17) is 24.7 Å². The number of nitriles is 1. The van der Waals surface area contributed by atoms with E-state index in [0.717, 1.165) is 0 Å². The quantitative estimate of drug-likeness (QED) is 0.805. The molecule has 8 heteroatoms. The maximum atomic E-state index is 12.2. The van der Waals surface area contributed by atoms with Crippen LogP contribution in [0.25, 0.3) is 0 Å². The van der Waals surface area contributed by atoms with Crippen LogP contribution in [0.5, 0.6) is 17.2 Å². The number of aryl methyl sites for hydroxylation is 1. The fourth-order valence-corrected chi connectivity index (χ4v) is 4.38. The number of carbonyl (C=O) groups is 1. The summed E-state index contributed by atoms with van der Waals surface area (Å²) in [5.74, 6) is 0.212. The number of benzene rings is 1. The normalized spacial score (nSPS) is 15.4. The van der Waals surface area contributed by atoms with Gasteiger partial charge >= 0.3 is 5.97 Å². The van der Waals surface area contributed by atoms with Crippen LogP contribution < -0.4 is 19.9 Å². The molecule has 0 bridgehead atoms. The van der Waals surface area contributed by atoms with Gasteiger partial charge in [-0.2, -0.15) is 5.26 Å². The van der Waals surface area contributed by atoms with E-state index in [-0.39, 0.29) is 11.5 Å². The lowest BCUT2D eigenvalue weighted by atomic mass is 9.87. The van der Waals surface area contributed by atoms with Crippen molar-refractivity contribution in [1.29, 1.82) is 5.26 Å². The molecule has 1 aliphatic rings. The molecular weight excluding hydrogens is 368 g/mol. The van der Waals surface area contributed by atoms with Crippen molar-refractivity contribution >= 4 is 17.3 Å². The summed E-state index contributed by atoms with van der Waals surface area (Å²) in [6, 6.07) is 7.53. The summed E-state index contributed by atoms with van der Waals surface area (Å²) in [6.45, 7) is 1.79. The van der Waals surface area contributed by atoms with Crippen molar-refractivity contribution in [2.45, 2.75) is 12.8 Å². The Kier molecular flexibility index (Phi) is 4.97. The summed E-state index contributed by atoms with van der Waals surface area (Å²) < 4.78 is 21.5. The van der Waals surface area contributed by atoms with Gasteiger partial charge in [-0.05, 0) is 13.0 Å². The van der Waals surface area contributed by atoms with E-state index in [1.807, 2.05) is 6.07 Å². The number of rotatable bonds is 4. The van der Waals surface area contributed by atoms with Crippen LogP contribution >= 0.6 is 11.3 Å². The molecule has 0 spiro atoms. The molecule has 0 unspecified atom stereocenters. The van der Waals surface area contributed by atoms with Gasteiger partial charge in [0.25, 0.3) is 0 Å². The van der Waals surface area contributed by atoms with Gasteiger partial charge in [-0.15, -0.1) is 11.3 Å². The highest BCUT2D eigenvalue weighted by Gasteiger charge is 2.38. The predicted octanol–water partition coefficient (Wildman–Crippen LogP) is 3.08. The molecule has 2 heterocycles. The SMILES string of the molecule is COC(=O)c1c(C)sc2c1OC(N)=C(C#N)[C@@H]2c1cccc(OC)c1OC. The number of hydrogen-bond acceptors (Lipinski definition) is 8. The van der Waals surface area contributed by atoms with Crippen LogP contribution in [-0.4, -0.2) is 27.3 Å². The van der Waals surface area contributed by atoms with Gasteiger partial charge in [-0.25, -0.2) is 4.79 Å². The Morgan fingerprint density at radius 1 is 1.30 bits per heavy atom. The highest BCUT2D eigenvalue weighted by molar-refractivity contribution is 7.12. The molecule has 0 saturated carbocycles. The smallest absolute Gasteiger partial charge is 0.342 e. The molecule has 1 aromatic heterocycles. The van der Waals surface area contributed by atoms with Gasteiger partial charge in [0, 0.05) is 10.4 Å². The Bertz CT molecular complexity index is 987. The van der Waals surface area contributed by atoms with E-state index in [1.54, 1.807) is 19.1 Å². The number of hydrogen-bond donors (Lipinski definition) is 1. The van der Waals surface area contributed by atoms with Crippen molar-refractivity contribution in [3.63, 3.8) is 0 Å². The van der Waals surface area contributed by atoms with Crippen molar-refractivity contribution in [1.82, 2.24) is 0 Å². The summed E-state index contributed by atoms with van der Waals surface area (Å²) in [7, 11) is 4.37. The third-order valence-corrected chi connectivity index (χ3v) is 5.50. The molecule has 1 atom stereocenters. The first-order valence-corrected chi connectivity index (χ1v) is 8.80. The molecule has 27 heavy (non-hydrogen) atoms. The molecule has 140 valence electrons. The second-order valence-electron chi connectivity index (χ2n) is 5.73. The number of nitrogens with zero attached hydrogens (tertiary/aromatic N) is 1. The molecule has 0 aliphatic carbocycles. The number of nitrogens with two attached hydrogens (primary N) is 1. The van der Waals surface area contributed by atoms with E-state index in [1.165, 1.54) is 32.7 Å². The molecule has 0 saturated heterocycles. The Balaban J connectivity index is 2.31. The van der Waals surface area contributed by atoms with Gasteiger partial charge in [0.2, 0.25) is 5.88 Å². The van der Waals surface area contributed by atoms with E-state index in [0.29, 0.717) is 38.1 Å². The van der Waals surface area contributed by atoms with Crippen LogP contribution in [-0.2, 0) is 4.74 Å². The molecule has 0 radical (unpaired) electrons. The van der Waals surface area contributed by atoms with Crippen LogP contribution in [0.2, 0.25) is 0 Å². The van der Waals surface area contributed by atoms with E-state index in [9.17, 15) is 10.1 Å². The molecule has 0 amide bonds. The number of carbonyl (C=O) groups excluding carboxylic acids is 1. The average molecular weight is 386 g/mol. The van der Waals surface area contributed by atoms with Gasteiger partial charge in [0.1, 0.15) is 17.2 Å². The van der Waals surface area contributed by atoms with Gasteiger partial charge in [0.15, 0.2) is 17.2 Å². The number of fused-ring (bicyclic) bond motifs is 1. The van der Waals surface area contributed by atoms with Crippen molar-refractivity contribution in [2.75, 3.05) is 21.3 Å². The zero-order valence-corrected chi connectivity index (χ0v) is 16.1. The molecular formula is C19H18N2O5S. The van der Waals surface area contributed by atoms with E-state index >= 15 is 0 Å². The summed E-state index contributed by atoms with van der Waals surface area (Å²) in [5, 5.41) is 9.71. The summed E-state index contributed by atoms with van der Waals surface area (Å²) >= 11 is 1.35. The number of thiophene rings is 1. The molecule has 1 aliphatic heterocycles. The third-order valence-electron chi connectivity index (χ3n) is 4.35. The number of para-hydroxylation sites is 1. The Labute approximate surface area is 160 Å².